The van der Waals surface area contributed by atoms with Crippen LogP contribution in [-0.2, 0) is 27.3 Å². The van der Waals surface area contributed by atoms with E-state index in [1.165, 1.54) is 59.2 Å². The highest BCUT2D eigenvalue weighted by Gasteiger charge is 2.25. The zero-order valence-electron chi connectivity index (χ0n) is 25.2. The first-order valence-electron chi connectivity index (χ1n) is 13.6. The van der Waals surface area contributed by atoms with Crippen molar-refractivity contribution in [2.24, 2.45) is 5.41 Å². The summed E-state index contributed by atoms with van der Waals surface area (Å²) in [6, 6.07) is 4.75. The Bertz CT molecular complexity index is 1530. The third-order valence-corrected chi connectivity index (χ3v) is 6.25. The Kier molecular flexibility index (Phi) is 10.3. The summed E-state index contributed by atoms with van der Waals surface area (Å²) >= 11 is 0. The summed E-state index contributed by atoms with van der Waals surface area (Å²) in [6.45, 7) is 6.33. The second-order valence-electron chi connectivity index (χ2n) is 11.8. The van der Waals surface area contributed by atoms with Crippen molar-refractivity contribution in [2.75, 3.05) is 33.5 Å². The molecule has 0 fully saturated rings. The van der Waals surface area contributed by atoms with E-state index >= 15 is 0 Å². The number of aromatic amines is 1. The number of carbonyl (C=O) groups is 3. The van der Waals surface area contributed by atoms with Crippen LogP contribution in [0.2, 0.25) is 0 Å². The van der Waals surface area contributed by atoms with Crippen molar-refractivity contribution in [3.05, 3.63) is 70.3 Å². The van der Waals surface area contributed by atoms with Crippen molar-refractivity contribution < 1.29 is 23.5 Å². The molecule has 2 N–H and O–H groups in total. The standard InChI is InChI=1S/C30H39FN6O5/c1-30(2,3)15-20-13-21(31)12-19-14-22(33-26(19)20)17-37-18-32-16-23(28(37)40)34-27(39)24(42-29(41)36(6)7)10-8-9-11-25(38)35(4)5/h9,11-14,16,18,24,33H,8,10,15,17H2,1-7H3,(H,34,39)/b11-9+. The van der Waals surface area contributed by atoms with Crippen LogP contribution < -0.4 is 10.9 Å². The van der Waals surface area contributed by atoms with E-state index in [1.54, 1.807) is 26.2 Å². The zero-order valence-corrected chi connectivity index (χ0v) is 25.2. The van der Waals surface area contributed by atoms with Gasteiger partial charge in [0.05, 0.1) is 19.1 Å². The minimum Gasteiger partial charge on any atom is -0.436 e. The van der Waals surface area contributed by atoms with Gasteiger partial charge in [-0.25, -0.2) is 14.2 Å². The number of aromatic nitrogens is 3. The summed E-state index contributed by atoms with van der Waals surface area (Å²) in [5.41, 5.74) is 1.63. The number of ether oxygens (including phenoxy) is 1. The largest absolute Gasteiger partial charge is 0.436 e. The first kappa shape index (κ1) is 32.0. The number of hydrogen-bond acceptors (Lipinski definition) is 6. The van der Waals surface area contributed by atoms with Gasteiger partial charge in [-0.2, -0.15) is 0 Å². The quantitative estimate of drug-likeness (QED) is 0.349. The van der Waals surface area contributed by atoms with Gasteiger partial charge >= 0.3 is 6.09 Å². The smallest absolute Gasteiger partial charge is 0.410 e. The summed E-state index contributed by atoms with van der Waals surface area (Å²) in [4.78, 5) is 60.3. The van der Waals surface area contributed by atoms with Gasteiger partial charge in [0.2, 0.25) is 5.91 Å². The van der Waals surface area contributed by atoms with Gasteiger partial charge in [0.15, 0.2) is 6.10 Å². The van der Waals surface area contributed by atoms with Gasteiger partial charge in [0.25, 0.3) is 11.5 Å². The van der Waals surface area contributed by atoms with Crippen molar-refractivity contribution in [3.8, 4) is 0 Å². The molecule has 1 unspecified atom stereocenters. The van der Waals surface area contributed by atoms with Crippen molar-refractivity contribution in [1.82, 2.24) is 24.3 Å². The van der Waals surface area contributed by atoms with Crippen molar-refractivity contribution >= 4 is 34.5 Å². The molecule has 1 atom stereocenters. The fourth-order valence-corrected chi connectivity index (χ4v) is 4.23. The average Bonchev–Trinajstić information content (AvgIpc) is 3.29. The van der Waals surface area contributed by atoms with Crippen LogP contribution in [0, 0.1) is 11.2 Å². The number of allylic oxidation sites excluding steroid dienone is 1. The van der Waals surface area contributed by atoms with Gasteiger partial charge < -0.3 is 24.8 Å². The third kappa shape index (κ3) is 8.76. The normalized spacial score (nSPS) is 12.4. The van der Waals surface area contributed by atoms with Crippen LogP contribution in [-0.4, -0.2) is 76.5 Å². The van der Waals surface area contributed by atoms with Gasteiger partial charge in [-0.1, -0.05) is 26.8 Å². The van der Waals surface area contributed by atoms with Crippen LogP contribution in [0.15, 0.2) is 47.7 Å². The molecule has 0 bridgehead atoms. The van der Waals surface area contributed by atoms with Crippen LogP contribution >= 0.6 is 0 Å². The molecule has 0 saturated carbocycles. The monoisotopic (exact) mass is 582 g/mol. The Labute approximate surface area is 244 Å². The number of nitrogens with one attached hydrogen (secondary N) is 2. The molecule has 12 heteroatoms. The van der Waals surface area contributed by atoms with E-state index in [0.29, 0.717) is 17.5 Å². The molecule has 0 aliphatic carbocycles. The Hall–Kier alpha value is -4.48. The first-order valence-corrected chi connectivity index (χ1v) is 13.6. The molecular formula is C30H39FN6O5. The van der Waals surface area contributed by atoms with E-state index in [-0.39, 0.29) is 42.2 Å². The molecule has 42 heavy (non-hydrogen) atoms. The fourth-order valence-electron chi connectivity index (χ4n) is 4.23. The molecule has 3 aromatic rings. The van der Waals surface area contributed by atoms with Crippen molar-refractivity contribution in [1.29, 1.82) is 0 Å². The predicted molar refractivity (Wildman–Crippen MR) is 159 cm³/mol. The topological polar surface area (TPSA) is 130 Å². The van der Waals surface area contributed by atoms with E-state index in [2.05, 4.69) is 36.1 Å². The van der Waals surface area contributed by atoms with Crippen LogP contribution in [0.4, 0.5) is 14.9 Å². The van der Waals surface area contributed by atoms with Gasteiger partial charge in [0, 0.05) is 44.8 Å². The minimum atomic E-state index is -1.23. The zero-order chi connectivity index (χ0) is 31.2. The lowest BCUT2D eigenvalue weighted by molar-refractivity contribution is -0.125. The number of amides is 3. The Morgan fingerprint density at radius 2 is 1.86 bits per heavy atom. The second-order valence-corrected chi connectivity index (χ2v) is 11.8. The first-order chi connectivity index (χ1) is 19.6. The van der Waals surface area contributed by atoms with Gasteiger partial charge in [-0.3, -0.25) is 19.0 Å². The molecule has 0 saturated heterocycles. The predicted octanol–water partition coefficient (Wildman–Crippen LogP) is 3.93. The molecular weight excluding hydrogens is 543 g/mol. The van der Waals surface area contributed by atoms with Crippen LogP contribution in [0.25, 0.3) is 10.9 Å². The number of fused-ring (bicyclic) bond motifs is 1. The fraction of sp³-hybridized carbons (Fsp3) is 0.433. The molecule has 226 valence electrons. The lowest BCUT2D eigenvalue weighted by Crippen LogP contribution is -2.37. The molecule has 3 amide bonds. The summed E-state index contributed by atoms with van der Waals surface area (Å²) in [6.07, 6.45) is 4.58. The summed E-state index contributed by atoms with van der Waals surface area (Å²) in [7, 11) is 6.20. The summed E-state index contributed by atoms with van der Waals surface area (Å²) < 4.78 is 21.0. The second kappa shape index (κ2) is 13.5. The van der Waals surface area contributed by atoms with Gasteiger partial charge in [-0.05, 0) is 54.5 Å². The highest BCUT2D eigenvalue weighted by Crippen LogP contribution is 2.28. The number of hydrogen-bond donors (Lipinski definition) is 2. The lowest BCUT2D eigenvalue weighted by atomic mass is 9.87. The van der Waals surface area contributed by atoms with Crippen molar-refractivity contribution in [2.45, 2.75) is 52.7 Å². The number of likely N-dealkylation sites (N-methyl/N-ethyl adjacent to an activating group) is 1. The molecule has 11 nitrogen and oxygen atoms in total. The maximum Gasteiger partial charge on any atom is 0.410 e. The molecule has 0 aliphatic heterocycles. The molecule has 3 rings (SSSR count). The summed E-state index contributed by atoms with van der Waals surface area (Å²) in [5, 5.41) is 3.22. The van der Waals surface area contributed by atoms with Gasteiger partial charge in [-0.15, -0.1) is 0 Å². The maximum absolute atomic E-state index is 14.3. The molecule has 0 radical (unpaired) electrons. The van der Waals surface area contributed by atoms with Crippen LogP contribution in [0.1, 0.15) is 44.9 Å². The number of benzene rings is 1. The number of halogens is 1. The number of carbonyl (C=O) groups excluding carboxylic acids is 3. The van der Waals surface area contributed by atoms with Crippen LogP contribution in [0.3, 0.4) is 0 Å². The lowest BCUT2D eigenvalue weighted by Gasteiger charge is -2.19. The number of rotatable bonds is 10. The van der Waals surface area contributed by atoms with E-state index < -0.39 is 23.7 Å². The molecule has 2 aromatic heterocycles. The highest BCUT2D eigenvalue weighted by molar-refractivity contribution is 5.95. The molecule has 2 heterocycles. The number of nitrogens with zero attached hydrogens (tertiary/aromatic N) is 4. The molecule has 0 aliphatic rings. The van der Waals surface area contributed by atoms with Crippen molar-refractivity contribution in [3.63, 3.8) is 0 Å². The number of H-pyrrole nitrogens is 1. The van der Waals surface area contributed by atoms with Crippen LogP contribution in [0.5, 0.6) is 0 Å². The summed E-state index contributed by atoms with van der Waals surface area (Å²) in [5.74, 6) is -1.26. The SMILES string of the molecule is CN(C)C(=O)/C=C/CCC(OC(=O)N(C)C)C(=O)Nc1cncn(Cc2cc3cc(F)cc(CC(C)(C)C)c3[nH]2)c1=O. The van der Waals surface area contributed by atoms with E-state index in [0.717, 1.165) is 11.1 Å². The average molecular weight is 583 g/mol. The molecule has 1 aromatic carbocycles. The highest BCUT2D eigenvalue weighted by atomic mass is 19.1. The minimum absolute atomic E-state index is 0.0575. The Balaban J connectivity index is 1.80. The van der Waals surface area contributed by atoms with E-state index in [9.17, 15) is 23.6 Å². The van der Waals surface area contributed by atoms with Gasteiger partial charge in [0.1, 0.15) is 11.5 Å². The van der Waals surface area contributed by atoms with E-state index in [4.69, 9.17) is 4.74 Å². The Morgan fingerprint density at radius 1 is 1.14 bits per heavy atom. The maximum atomic E-state index is 14.3. The number of anilines is 1. The van der Waals surface area contributed by atoms with E-state index in [1.807, 2.05) is 0 Å². The molecule has 0 spiro atoms. The third-order valence-electron chi connectivity index (χ3n) is 6.25. The Morgan fingerprint density at radius 3 is 2.50 bits per heavy atom.